The van der Waals surface area contributed by atoms with Crippen LogP contribution in [0.1, 0.15) is 15.9 Å². The fraction of sp³-hybridized carbons (Fsp3) is 0.148. The molecular formula is C27H23ClN8O4. The van der Waals surface area contributed by atoms with E-state index in [-0.39, 0.29) is 25.1 Å². The first-order valence-corrected chi connectivity index (χ1v) is 12.6. The molecule has 0 spiro atoms. The van der Waals surface area contributed by atoms with Gasteiger partial charge in [-0.1, -0.05) is 41.9 Å². The lowest BCUT2D eigenvalue weighted by atomic mass is 10.0. The molecule has 13 heteroatoms. The molecule has 1 unspecified atom stereocenters. The van der Waals surface area contributed by atoms with Crippen LogP contribution in [0.5, 0.6) is 0 Å². The van der Waals surface area contributed by atoms with Gasteiger partial charge in [-0.2, -0.15) is 4.68 Å². The average molecular weight is 559 g/mol. The maximum Gasteiger partial charge on any atom is 0.248 e. The summed E-state index contributed by atoms with van der Waals surface area (Å²) in [7, 11) is 0. The van der Waals surface area contributed by atoms with Gasteiger partial charge < -0.3 is 16.0 Å². The van der Waals surface area contributed by atoms with Crippen LogP contribution in [0.4, 0.5) is 11.4 Å². The predicted octanol–water partition coefficient (Wildman–Crippen LogP) is 1.84. The minimum Gasteiger partial charge on any atom is -0.366 e. The Kier molecular flexibility index (Phi) is 7.51. The fourth-order valence-corrected chi connectivity index (χ4v) is 4.61. The molecule has 1 fully saturated rings. The summed E-state index contributed by atoms with van der Waals surface area (Å²) in [4.78, 5) is 54.5. The second-order valence-electron chi connectivity index (χ2n) is 9.03. The number of carbonyl (C=O) groups is 4. The van der Waals surface area contributed by atoms with Crippen LogP contribution < -0.4 is 16.0 Å². The van der Waals surface area contributed by atoms with E-state index in [4.69, 9.17) is 17.3 Å². The van der Waals surface area contributed by atoms with E-state index in [1.54, 1.807) is 30.3 Å². The van der Waals surface area contributed by atoms with Gasteiger partial charge in [0.15, 0.2) is 0 Å². The van der Waals surface area contributed by atoms with Crippen molar-refractivity contribution < 1.29 is 19.2 Å². The number of benzene rings is 3. The zero-order valence-corrected chi connectivity index (χ0v) is 21.7. The Bertz CT molecular complexity index is 1560. The zero-order chi connectivity index (χ0) is 28.2. The highest BCUT2D eigenvalue weighted by Crippen LogP contribution is 2.30. The predicted molar refractivity (Wildman–Crippen MR) is 146 cm³/mol. The standard InChI is InChI=1S/C27H23ClN8O4/c28-19-8-11-21(36-16-30-32-33-36)22(13-19)34-14-25(38)35(15-24(34)37)23(12-17-4-2-1-3-5-17)27(40)31-20-9-6-18(7-10-20)26(29)39/h1-11,13,16,23H,12,14-15H2,(H2,29,39)(H,31,40). The number of hydrogen-bond donors (Lipinski definition) is 2. The number of tetrazole rings is 1. The molecule has 1 atom stereocenters. The van der Waals surface area contributed by atoms with Crippen molar-refractivity contribution in [1.29, 1.82) is 0 Å². The van der Waals surface area contributed by atoms with Crippen molar-refractivity contribution in [1.82, 2.24) is 25.1 Å². The van der Waals surface area contributed by atoms with Crippen LogP contribution in [-0.2, 0) is 20.8 Å². The Labute approximate surface area is 233 Å². The summed E-state index contributed by atoms with van der Waals surface area (Å²) in [6.07, 6.45) is 1.55. The monoisotopic (exact) mass is 558 g/mol. The number of hydrogen-bond acceptors (Lipinski definition) is 7. The topological polar surface area (TPSA) is 156 Å². The maximum absolute atomic E-state index is 13.5. The number of amides is 4. The first kappa shape index (κ1) is 26.5. The molecule has 0 radical (unpaired) electrons. The third kappa shape index (κ3) is 5.66. The highest BCUT2D eigenvalue weighted by molar-refractivity contribution is 6.31. The fourth-order valence-electron chi connectivity index (χ4n) is 4.44. The first-order chi connectivity index (χ1) is 19.3. The van der Waals surface area contributed by atoms with Gasteiger partial charge in [0, 0.05) is 22.7 Å². The Morgan fingerprint density at radius 3 is 2.38 bits per heavy atom. The quantitative estimate of drug-likeness (QED) is 0.334. The van der Waals surface area contributed by atoms with Gasteiger partial charge in [0.1, 0.15) is 25.5 Å². The van der Waals surface area contributed by atoms with E-state index < -0.39 is 29.7 Å². The van der Waals surface area contributed by atoms with Gasteiger partial charge in [-0.3, -0.25) is 24.1 Å². The normalized spacial score (nSPS) is 14.2. The van der Waals surface area contributed by atoms with Gasteiger partial charge in [-0.25, -0.2) is 0 Å². The summed E-state index contributed by atoms with van der Waals surface area (Å²) in [5.41, 5.74) is 7.63. The van der Waals surface area contributed by atoms with Gasteiger partial charge >= 0.3 is 0 Å². The molecule has 4 aromatic rings. The number of anilines is 2. The number of aromatic nitrogens is 4. The van der Waals surface area contributed by atoms with E-state index in [9.17, 15) is 19.2 Å². The molecule has 202 valence electrons. The van der Waals surface area contributed by atoms with Crippen LogP contribution in [0.25, 0.3) is 5.69 Å². The van der Waals surface area contributed by atoms with Crippen molar-refractivity contribution in [3.05, 3.63) is 95.3 Å². The van der Waals surface area contributed by atoms with Crippen molar-refractivity contribution in [3.8, 4) is 5.69 Å². The van der Waals surface area contributed by atoms with Crippen molar-refractivity contribution in [3.63, 3.8) is 0 Å². The summed E-state index contributed by atoms with van der Waals surface area (Å²) in [5.74, 6) is -1.91. The maximum atomic E-state index is 13.5. The Balaban J connectivity index is 1.42. The van der Waals surface area contributed by atoms with Gasteiger partial charge in [0.05, 0.1) is 11.4 Å². The molecule has 0 bridgehead atoms. The van der Waals surface area contributed by atoms with Crippen molar-refractivity contribution in [2.24, 2.45) is 5.73 Å². The molecule has 1 saturated heterocycles. The summed E-state index contributed by atoms with van der Waals surface area (Å²) in [5, 5.41) is 14.3. The molecule has 0 aliphatic carbocycles. The number of nitrogens with zero attached hydrogens (tertiary/aromatic N) is 6. The van der Waals surface area contributed by atoms with Gasteiger partial charge in [-0.05, 0) is 58.5 Å². The van der Waals surface area contributed by atoms with Crippen LogP contribution >= 0.6 is 11.6 Å². The first-order valence-electron chi connectivity index (χ1n) is 12.2. The Morgan fingerprint density at radius 2 is 1.70 bits per heavy atom. The number of nitrogens with one attached hydrogen (secondary N) is 1. The van der Waals surface area contributed by atoms with Gasteiger partial charge in [-0.15, -0.1) is 5.10 Å². The van der Waals surface area contributed by atoms with Gasteiger partial charge in [0.2, 0.25) is 23.6 Å². The lowest BCUT2D eigenvalue weighted by Gasteiger charge is -2.38. The van der Waals surface area contributed by atoms with Crippen LogP contribution in [0, 0.1) is 0 Å². The number of carbonyl (C=O) groups excluding carboxylic acids is 4. The molecule has 40 heavy (non-hydrogen) atoms. The smallest absolute Gasteiger partial charge is 0.248 e. The van der Waals surface area contributed by atoms with Gasteiger partial charge in [0.25, 0.3) is 0 Å². The van der Waals surface area contributed by atoms with Crippen LogP contribution in [0.2, 0.25) is 5.02 Å². The van der Waals surface area contributed by atoms with E-state index in [0.29, 0.717) is 22.1 Å². The number of piperazine rings is 1. The molecule has 3 aromatic carbocycles. The summed E-state index contributed by atoms with van der Waals surface area (Å²) in [6, 6.07) is 19.1. The summed E-state index contributed by atoms with van der Waals surface area (Å²) >= 11 is 6.22. The summed E-state index contributed by atoms with van der Waals surface area (Å²) < 4.78 is 1.37. The van der Waals surface area contributed by atoms with Crippen LogP contribution in [-0.4, -0.2) is 67.9 Å². The third-order valence-electron chi connectivity index (χ3n) is 6.43. The zero-order valence-electron chi connectivity index (χ0n) is 21.0. The Hall–Kier alpha value is -5.10. The average Bonchev–Trinajstić information content (AvgIpc) is 3.48. The van der Waals surface area contributed by atoms with Crippen molar-refractivity contribution in [2.45, 2.75) is 12.5 Å². The van der Waals surface area contributed by atoms with E-state index in [0.717, 1.165) is 5.56 Å². The molecule has 4 amide bonds. The lowest BCUT2D eigenvalue weighted by molar-refractivity contribution is -0.143. The lowest BCUT2D eigenvalue weighted by Crippen LogP contribution is -2.60. The van der Waals surface area contributed by atoms with E-state index in [1.807, 2.05) is 30.3 Å². The number of nitrogens with two attached hydrogens (primary N) is 1. The molecular weight excluding hydrogens is 536 g/mol. The highest BCUT2D eigenvalue weighted by atomic mass is 35.5. The second-order valence-corrected chi connectivity index (χ2v) is 9.46. The molecule has 2 heterocycles. The number of halogens is 1. The summed E-state index contributed by atoms with van der Waals surface area (Å²) in [6.45, 7) is -0.661. The molecule has 1 aromatic heterocycles. The van der Waals surface area contributed by atoms with Crippen LogP contribution in [0.15, 0.2) is 79.1 Å². The van der Waals surface area contributed by atoms with Crippen molar-refractivity contribution in [2.75, 3.05) is 23.3 Å². The largest absolute Gasteiger partial charge is 0.366 e. The number of primary amides is 1. The SMILES string of the molecule is NC(=O)c1ccc(NC(=O)C(Cc2ccccc2)N2CC(=O)N(c3cc(Cl)ccc3-n3cnnn3)CC2=O)cc1. The minimum atomic E-state index is -0.991. The molecule has 3 N–H and O–H groups in total. The number of rotatable bonds is 8. The van der Waals surface area contributed by atoms with Crippen molar-refractivity contribution >= 4 is 46.6 Å². The molecule has 12 nitrogen and oxygen atoms in total. The molecule has 5 rings (SSSR count). The Morgan fingerprint density at radius 1 is 0.950 bits per heavy atom. The molecule has 0 saturated carbocycles. The second kappa shape index (κ2) is 11.3. The molecule has 1 aliphatic rings. The molecule has 1 aliphatic heterocycles. The highest BCUT2D eigenvalue weighted by Gasteiger charge is 2.39. The van der Waals surface area contributed by atoms with Crippen LogP contribution in [0.3, 0.4) is 0 Å². The minimum absolute atomic E-state index is 0.179. The van der Waals surface area contributed by atoms with E-state index >= 15 is 0 Å². The third-order valence-corrected chi connectivity index (χ3v) is 6.67. The van der Waals surface area contributed by atoms with E-state index in [1.165, 1.54) is 32.9 Å². The van der Waals surface area contributed by atoms with E-state index in [2.05, 4.69) is 20.8 Å².